The summed E-state index contributed by atoms with van der Waals surface area (Å²) in [6.45, 7) is 2.20. The monoisotopic (exact) mass is 251 g/mol. The molecule has 0 saturated heterocycles. The number of nitro benzene ring substituents is 1. The molecular weight excluding hydrogens is 234 g/mol. The Bertz CT molecular complexity index is 434. The van der Waals surface area contributed by atoms with Crippen LogP contribution in [0.25, 0.3) is 0 Å². The van der Waals surface area contributed by atoms with Crippen LogP contribution in [0.15, 0.2) is 24.3 Å². The highest BCUT2D eigenvalue weighted by Crippen LogP contribution is 2.24. The van der Waals surface area contributed by atoms with Gasteiger partial charge >= 0.3 is 0 Å². The summed E-state index contributed by atoms with van der Waals surface area (Å²) >= 11 is 0. The van der Waals surface area contributed by atoms with Crippen LogP contribution in [0, 0.1) is 16.0 Å². The van der Waals surface area contributed by atoms with Crippen LogP contribution >= 0.6 is 0 Å². The standard InChI is InChI=1S/C12H17N3O3/c1-2-5-9(8-13)12(16)14-10-6-3-4-7-11(10)15(17)18/h3-4,6-7,9H,2,5,8,13H2,1H3,(H,14,16). The van der Waals surface area contributed by atoms with Crippen LogP contribution in [0.2, 0.25) is 0 Å². The van der Waals surface area contributed by atoms with E-state index in [1.165, 1.54) is 12.1 Å². The van der Waals surface area contributed by atoms with Crippen molar-refractivity contribution in [3.05, 3.63) is 34.4 Å². The van der Waals surface area contributed by atoms with Gasteiger partial charge < -0.3 is 11.1 Å². The number of nitrogens with one attached hydrogen (secondary N) is 1. The van der Waals surface area contributed by atoms with Crippen LogP contribution in [0.4, 0.5) is 11.4 Å². The zero-order chi connectivity index (χ0) is 13.5. The van der Waals surface area contributed by atoms with Crippen molar-refractivity contribution >= 4 is 17.3 Å². The third-order valence-corrected chi connectivity index (χ3v) is 2.65. The number of hydrogen-bond donors (Lipinski definition) is 2. The first-order valence-electron chi connectivity index (χ1n) is 5.84. The minimum Gasteiger partial charge on any atom is -0.330 e. The predicted molar refractivity (Wildman–Crippen MR) is 69.2 cm³/mol. The normalized spacial score (nSPS) is 11.9. The number of para-hydroxylation sites is 2. The Hall–Kier alpha value is -1.95. The van der Waals surface area contributed by atoms with E-state index in [-0.39, 0.29) is 29.7 Å². The fourth-order valence-corrected chi connectivity index (χ4v) is 1.68. The van der Waals surface area contributed by atoms with E-state index in [1.807, 2.05) is 6.92 Å². The molecule has 0 aromatic heterocycles. The lowest BCUT2D eigenvalue weighted by Crippen LogP contribution is -2.29. The molecule has 0 saturated carbocycles. The van der Waals surface area contributed by atoms with Crippen molar-refractivity contribution < 1.29 is 9.72 Å². The summed E-state index contributed by atoms with van der Waals surface area (Å²) in [5.74, 6) is -0.580. The smallest absolute Gasteiger partial charge is 0.292 e. The average molecular weight is 251 g/mol. The summed E-state index contributed by atoms with van der Waals surface area (Å²) in [4.78, 5) is 22.2. The van der Waals surface area contributed by atoms with Gasteiger partial charge in [0.2, 0.25) is 5.91 Å². The van der Waals surface area contributed by atoms with E-state index in [2.05, 4.69) is 5.32 Å². The number of benzene rings is 1. The molecule has 0 radical (unpaired) electrons. The molecule has 1 rings (SSSR count). The second kappa shape index (κ2) is 6.70. The Labute approximate surface area is 105 Å². The molecule has 1 aromatic carbocycles. The van der Waals surface area contributed by atoms with Gasteiger partial charge in [0.05, 0.1) is 10.8 Å². The van der Waals surface area contributed by atoms with Gasteiger partial charge in [0, 0.05) is 12.6 Å². The second-order valence-corrected chi connectivity index (χ2v) is 3.98. The molecule has 98 valence electrons. The number of nitrogens with zero attached hydrogens (tertiary/aromatic N) is 1. The Morgan fingerprint density at radius 2 is 2.17 bits per heavy atom. The van der Waals surface area contributed by atoms with Crippen molar-refractivity contribution in [3.63, 3.8) is 0 Å². The zero-order valence-corrected chi connectivity index (χ0v) is 10.3. The second-order valence-electron chi connectivity index (χ2n) is 3.98. The van der Waals surface area contributed by atoms with E-state index in [4.69, 9.17) is 5.73 Å². The number of nitro groups is 1. The van der Waals surface area contributed by atoms with Crippen molar-refractivity contribution in [2.45, 2.75) is 19.8 Å². The molecule has 6 heteroatoms. The summed E-state index contributed by atoms with van der Waals surface area (Å²) in [6, 6.07) is 6.06. The molecule has 1 amide bonds. The fourth-order valence-electron chi connectivity index (χ4n) is 1.68. The lowest BCUT2D eigenvalue weighted by atomic mass is 10.0. The van der Waals surface area contributed by atoms with Gasteiger partial charge in [-0.05, 0) is 12.5 Å². The highest BCUT2D eigenvalue weighted by molar-refractivity contribution is 5.94. The number of carbonyl (C=O) groups is 1. The predicted octanol–water partition coefficient (Wildman–Crippen LogP) is 1.91. The molecule has 0 heterocycles. The molecule has 0 aliphatic heterocycles. The van der Waals surface area contributed by atoms with Crippen molar-refractivity contribution in [3.8, 4) is 0 Å². The molecule has 0 aliphatic carbocycles. The number of carbonyl (C=O) groups excluding carboxylic acids is 1. The van der Waals surface area contributed by atoms with Crippen LogP contribution in [0.3, 0.4) is 0 Å². The Balaban J connectivity index is 2.84. The maximum atomic E-state index is 11.9. The van der Waals surface area contributed by atoms with E-state index in [0.29, 0.717) is 6.42 Å². The molecule has 0 spiro atoms. The largest absolute Gasteiger partial charge is 0.330 e. The van der Waals surface area contributed by atoms with Crippen LogP contribution in [-0.4, -0.2) is 17.4 Å². The molecule has 1 unspecified atom stereocenters. The maximum absolute atomic E-state index is 11.9. The maximum Gasteiger partial charge on any atom is 0.292 e. The lowest BCUT2D eigenvalue weighted by Gasteiger charge is -2.13. The molecule has 6 nitrogen and oxygen atoms in total. The number of nitrogens with two attached hydrogens (primary N) is 1. The molecule has 18 heavy (non-hydrogen) atoms. The molecule has 3 N–H and O–H groups in total. The van der Waals surface area contributed by atoms with Crippen LogP contribution < -0.4 is 11.1 Å². The van der Waals surface area contributed by atoms with E-state index in [1.54, 1.807) is 12.1 Å². The number of amides is 1. The molecular formula is C12H17N3O3. The third kappa shape index (κ3) is 3.53. The first-order chi connectivity index (χ1) is 8.60. The SMILES string of the molecule is CCCC(CN)C(=O)Nc1ccccc1[N+](=O)[O-]. The lowest BCUT2D eigenvalue weighted by molar-refractivity contribution is -0.383. The van der Waals surface area contributed by atoms with Crippen LogP contribution in [0.1, 0.15) is 19.8 Å². The minimum atomic E-state index is -0.521. The quantitative estimate of drug-likeness (QED) is 0.596. The number of anilines is 1. The molecule has 0 aliphatic rings. The van der Waals surface area contributed by atoms with Crippen molar-refractivity contribution in [1.82, 2.24) is 0 Å². The van der Waals surface area contributed by atoms with Gasteiger partial charge in [-0.1, -0.05) is 25.5 Å². The van der Waals surface area contributed by atoms with E-state index < -0.39 is 4.92 Å². The summed E-state index contributed by atoms with van der Waals surface area (Å²) in [5.41, 5.74) is 5.61. The molecule has 1 aromatic rings. The summed E-state index contributed by atoms with van der Waals surface area (Å²) < 4.78 is 0. The van der Waals surface area contributed by atoms with E-state index in [9.17, 15) is 14.9 Å². The Morgan fingerprint density at radius 3 is 2.72 bits per heavy atom. The van der Waals surface area contributed by atoms with Gasteiger partial charge in [-0.3, -0.25) is 14.9 Å². The first-order valence-corrected chi connectivity index (χ1v) is 5.84. The Kier molecular flexibility index (Phi) is 5.26. The first kappa shape index (κ1) is 14.1. The summed E-state index contributed by atoms with van der Waals surface area (Å²) in [6.07, 6.45) is 1.51. The van der Waals surface area contributed by atoms with Crippen molar-refractivity contribution in [1.29, 1.82) is 0 Å². The van der Waals surface area contributed by atoms with E-state index >= 15 is 0 Å². The fraction of sp³-hybridized carbons (Fsp3) is 0.417. The molecule has 1 atom stereocenters. The zero-order valence-electron chi connectivity index (χ0n) is 10.3. The van der Waals surface area contributed by atoms with Crippen LogP contribution in [-0.2, 0) is 4.79 Å². The minimum absolute atomic E-state index is 0.113. The van der Waals surface area contributed by atoms with Gasteiger partial charge in [-0.15, -0.1) is 0 Å². The van der Waals surface area contributed by atoms with Crippen LogP contribution in [0.5, 0.6) is 0 Å². The van der Waals surface area contributed by atoms with Gasteiger partial charge in [0.25, 0.3) is 5.69 Å². The summed E-state index contributed by atoms with van der Waals surface area (Å²) in [5, 5.41) is 13.4. The number of hydrogen-bond acceptors (Lipinski definition) is 4. The van der Waals surface area contributed by atoms with E-state index in [0.717, 1.165) is 6.42 Å². The van der Waals surface area contributed by atoms with Gasteiger partial charge in [0.1, 0.15) is 5.69 Å². The average Bonchev–Trinajstić information content (AvgIpc) is 2.36. The topological polar surface area (TPSA) is 98.3 Å². The molecule has 0 bridgehead atoms. The summed E-state index contributed by atoms with van der Waals surface area (Å²) in [7, 11) is 0. The molecule has 0 fully saturated rings. The third-order valence-electron chi connectivity index (χ3n) is 2.65. The van der Waals surface area contributed by atoms with Crippen molar-refractivity contribution in [2.75, 3.05) is 11.9 Å². The highest BCUT2D eigenvalue weighted by Gasteiger charge is 2.19. The van der Waals surface area contributed by atoms with Crippen molar-refractivity contribution in [2.24, 2.45) is 11.7 Å². The Morgan fingerprint density at radius 1 is 1.50 bits per heavy atom. The number of rotatable bonds is 6. The van der Waals surface area contributed by atoms with Gasteiger partial charge in [0.15, 0.2) is 0 Å². The highest BCUT2D eigenvalue weighted by atomic mass is 16.6. The van der Waals surface area contributed by atoms with Gasteiger partial charge in [-0.2, -0.15) is 0 Å². The van der Waals surface area contributed by atoms with Gasteiger partial charge in [-0.25, -0.2) is 0 Å².